The van der Waals surface area contributed by atoms with Crippen molar-refractivity contribution in [2.24, 2.45) is 4.99 Å². The molecule has 0 bridgehead atoms. The topological polar surface area (TPSA) is 80.7 Å². The summed E-state index contributed by atoms with van der Waals surface area (Å²) >= 11 is 4.88. The molecule has 2 saturated heterocycles. The lowest BCUT2D eigenvalue weighted by atomic mass is 10.2. The van der Waals surface area contributed by atoms with E-state index in [0.717, 1.165) is 11.3 Å². The van der Waals surface area contributed by atoms with Crippen LogP contribution in [0.15, 0.2) is 62.9 Å². The van der Waals surface area contributed by atoms with Crippen LogP contribution in [0.4, 0.5) is 5.69 Å². The molecule has 4 rings (SSSR count). The van der Waals surface area contributed by atoms with Gasteiger partial charge in [0, 0.05) is 33.4 Å². The SMILES string of the molecule is COCCCN1C(=O)/C(=C/c2ccc(OCC(=O)N3CCOCC3)c(Br)c2)SC1=Nc1ccccc1. The van der Waals surface area contributed by atoms with Crippen LogP contribution in [0.3, 0.4) is 0 Å². The van der Waals surface area contributed by atoms with E-state index < -0.39 is 0 Å². The van der Waals surface area contributed by atoms with E-state index in [9.17, 15) is 9.59 Å². The molecule has 0 N–H and O–H groups in total. The minimum atomic E-state index is -0.0849. The Bertz CT molecular complexity index is 1140. The normalized spacial score (nSPS) is 18.3. The molecular formula is C26H28BrN3O5S. The Labute approximate surface area is 223 Å². The number of carbonyl (C=O) groups is 2. The van der Waals surface area contributed by atoms with Crippen molar-refractivity contribution in [2.45, 2.75) is 6.42 Å². The van der Waals surface area contributed by atoms with Gasteiger partial charge in [-0.15, -0.1) is 0 Å². The van der Waals surface area contributed by atoms with E-state index in [4.69, 9.17) is 19.2 Å². The predicted octanol–water partition coefficient (Wildman–Crippen LogP) is 4.33. The number of hydrogen-bond donors (Lipinski definition) is 0. The molecule has 0 unspecified atom stereocenters. The summed E-state index contributed by atoms with van der Waals surface area (Å²) in [6.45, 7) is 3.32. The Morgan fingerprint density at radius 2 is 1.97 bits per heavy atom. The lowest BCUT2D eigenvalue weighted by molar-refractivity contribution is -0.137. The Morgan fingerprint density at radius 1 is 1.19 bits per heavy atom. The molecule has 36 heavy (non-hydrogen) atoms. The van der Waals surface area contributed by atoms with Crippen molar-refractivity contribution < 1.29 is 23.8 Å². The minimum Gasteiger partial charge on any atom is -0.483 e. The van der Waals surface area contributed by atoms with Gasteiger partial charge in [-0.1, -0.05) is 24.3 Å². The highest BCUT2D eigenvalue weighted by Crippen LogP contribution is 2.35. The van der Waals surface area contributed by atoms with Crippen LogP contribution in [0.25, 0.3) is 6.08 Å². The molecule has 0 aromatic heterocycles. The van der Waals surface area contributed by atoms with Crippen molar-refractivity contribution in [2.75, 3.05) is 53.2 Å². The average Bonchev–Trinajstić information content (AvgIpc) is 3.18. The van der Waals surface area contributed by atoms with E-state index in [-0.39, 0.29) is 18.4 Å². The van der Waals surface area contributed by atoms with Crippen LogP contribution in [-0.2, 0) is 19.1 Å². The molecular weight excluding hydrogens is 546 g/mol. The number of morpholine rings is 1. The number of hydrogen-bond acceptors (Lipinski definition) is 7. The molecule has 2 aliphatic heterocycles. The lowest BCUT2D eigenvalue weighted by Crippen LogP contribution is -2.43. The van der Waals surface area contributed by atoms with Crippen molar-refractivity contribution in [1.29, 1.82) is 0 Å². The van der Waals surface area contributed by atoms with Gasteiger partial charge in [0.25, 0.3) is 11.8 Å². The van der Waals surface area contributed by atoms with Crippen LogP contribution in [0, 0.1) is 0 Å². The maximum absolute atomic E-state index is 13.2. The van der Waals surface area contributed by atoms with E-state index in [2.05, 4.69) is 15.9 Å². The quantitative estimate of drug-likeness (QED) is 0.328. The van der Waals surface area contributed by atoms with Crippen LogP contribution in [0.2, 0.25) is 0 Å². The molecule has 2 aromatic carbocycles. The summed E-state index contributed by atoms with van der Waals surface area (Å²) in [5.41, 5.74) is 1.63. The number of halogens is 1. The fourth-order valence-corrected chi connectivity index (χ4v) is 5.22. The second-order valence-corrected chi connectivity index (χ2v) is 9.98. The number of methoxy groups -OCH3 is 1. The Hall–Kier alpha value is -2.66. The molecule has 0 radical (unpaired) electrons. The number of amidine groups is 1. The van der Waals surface area contributed by atoms with Gasteiger partial charge >= 0.3 is 0 Å². The smallest absolute Gasteiger partial charge is 0.266 e. The third-order valence-electron chi connectivity index (χ3n) is 5.57. The zero-order valence-corrected chi connectivity index (χ0v) is 22.4. The van der Waals surface area contributed by atoms with E-state index >= 15 is 0 Å². The first-order valence-corrected chi connectivity index (χ1v) is 13.3. The number of amides is 2. The summed E-state index contributed by atoms with van der Waals surface area (Å²) in [7, 11) is 1.65. The number of rotatable bonds is 9. The Balaban J connectivity index is 1.46. The lowest BCUT2D eigenvalue weighted by Gasteiger charge is -2.26. The maximum Gasteiger partial charge on any atom is 0.266 e. The summed E-state index contributed by atoms with van der Waals surface area (Å²) in [6.07, 6.45) is 2.56. The van der Waals surface area contributed by atoms with Crippen molar-refractivity contribution in [3.05, 3.63) is 63.5 Å². The first-order valence-electron chi connectivity index (χ1n) is 11.7. The fourth-order valence-electron chi connectivity index (χ4n) is 3.69. The van der Waals surface area contributed by atoms with Crippen LogP contribution in [-0.4, -0.2) is 80.0 Å². The highest BCUT2D eigenvalue weighted by atomic mass is 79.9. The molecule has 0 aliphatic carbocycles. The molecule has 0 saturated carbocycles. The van der Waals surface area contributed by atoms with Crippen LogP contribution >= 0.6 is 27.7 Å². The molecule has 0 spiro atoms. The van der Waals surface area contributed by atoms with Gasteiger partial charge in [0.1, 0.15) is 5.75 Å². The second-order valence-electron chi connectivity index (χ2n) is 8.12. The fraction of sp³-hybridized carbons (Fsp3) is 0.346. The van der Waals surface area contributed by atoms with Crippen molar-refractivity contribution in [3.8, 4) is 5.75 Å². The molecule has 2 heterocycles. The predicted molar refractivity (Wildman–Crippen MR) is 144 cm³/mol. The zero-order valence-electron chi connectivity index (χ0n) is 20.0. The van der Waals surface area contributed by atoms with Gasteiger partial charge in [-0.2, -0.15) is 0 Å². The van der Waals surface area contributed by atoms with Gasteiger partial charge in [0.2, 0.25) is 0 Å². The summed E-state index contributed by atoms with van der Waals surface area (Å²) < 4.78 is 16.9. The average molecular weight is 574 g/mol. The number of para-hydroxylation sites is 1. The van der Waals surface area contributed by atoms with Gasteiger partial charge in [0.15, 0.2) is 11.8 Å². The maximum atomic E-state index is 13.2. The Kier molecular flexibility index (Phi) is 9.57. The minimum absolute atomic E-state index is 0.0386. The van der Waals surface area contributed by atoms with Crippen molar-refractivity contribution >= 4 is 56.4 Å². The van der Waals surface area contributed by atoms with E-state index in [1.807, 2.05) is 48.5 Å². The highest BCUT2D eigenvalue weighted by Gasteiger charge is 2.33. The number of ether oxygens (including phenoxy) is 3. The number of nitrogens with zero attached hydrogens (tertiary/aromatic N) is 3. The number of benzene rings is 2. The van der Waals surface area contributed by atoms with Gasteiger partial charge in [-0.05, 0) is 70.0 Å². The number of carbonyl (C=O) groups excluding carboxylic acids is 2. The van der Waals surface area contributed by atoms with E-state index in [0.29, 0.717) is 66.2 Å². The van der Waals surface area contributed by atoms with Crippen molar-refractivity contribution in [1.82, 2.24) is 9.80 Å². The third-order valence-corrected chi connectivity index (χ3v) is 7.19. The number of aliphatic imine (C=N–C) groups is 1. The largest absolute Gasteiger partial charge is 0.483 e. The summed E-state index contributed by atoms with van der Waals surface area (Å²) in [5, 5.41) is 0.647. The van der Waals surface area contributed by atoms with Gasteiger partial charge in [-0.3, -0.25) is 14.5 Å². The monoisotopic (exact) mass is 573 g/mol. The van der Waals surface area contributed by atoms with Crippen LogP contribution < -0.4 is 4.74 Å². The van der Waals surface area contributed by atoms with Gasteiger partial charge in [0.05, 0.1) is 28.3 Å². The summed E-state index contributed by atoms with van der Waals surface area (Å²) in [5.74, 6) is 0.415. The molecule has 0 atom stereocenters. The Morgan fingerprint density at radius 3 is 2.69 bits per heavy atom. The van der Waals surface area contributed by atoms with E-state index in [1.54, 1.807) is 23.0 Å². The standard InChI is InChI=1S/C26H28BrN3O5S/c1-33-13-5-10-30-25(32)23(36-26(30)28-20-6-3-2-4-7-20)17-19-8-9-22(21(27)16-19)35-18-24(31)29-11-14-34-15-12-29/h2-4,6-9,16-17H,5,10-15,18H2,1H3/b23-17-,28-26?. The summed E-state index contributed by atoms with van der Waals surface area (Å²) in [4.78, 5) is 34.3. The van der Waals surface area contributed by atoms with E-state index in [1.165, 1.54) is 11.8 Å². The molecule has 10 heteroatoms. The van der Waals surface area contributed by atoms with Crippen molar-refractivity contribution in [3.63, 3.8) is 0 Å². The number of thioether (sulfide) groups is 1. The molecule has 8 nitrogen and oxygen atoms in total. The van der Waals surface area contributed by atoms with Gasteiger partial charge in [-0.25, -0.2) is 4.99 Å². The molecule has 2 aromatic rings. The van der Waals surface area contributed by atoms with Gasteiger partial charge < -0.3 is 19.1 Å². The molecule has 2 aliphatic rings. The first kappa shape index (κ1) is 26.4. The first-order chi connectivity index (χ1) is 17.5. The third kappa shape index (κ3) is 6.97. The second kappa shape index (κ2) is 13.0. The highest BCUT2D eigenvalue weighted by molar-refractivity contribution is 9.10. The molecule has 2 amide bonds. The van der Waals surface area contributed by atoms with Crippen LogP contribution in [0.5, 0.6) is 5.75 Å². The zero-order chi connectivity index (χ0) is 25.3. The molecule has 190 valence electrons. The molecule has 2 fully saturated rings. The summed E-state index contributed by atoms with van der Waals surface area (Å²) in [6, 6.07) is 15.1. The van der Waals surface area contributed by atoms with Crippen LogP contribution in [0.1, 0.15) is 12.0 Å².